The predicted octanol–water partition coefficient (Wildman–Crippen LogP) is 2.78. The van der Waals surface area contributed by atoms with Gasteiger partial charge in [0.1, 0.15) is 6.04 Å². The number of hydrogen-bond donors (Lipinski definition) is 0. The fourth-order valence-electron chi connectivity index (χ4n) is 2.41. The molecular formula is C15H12N4O2S. The van der Waals surface area contributed by atoms with Gasteiger partial charge in [0, 0.05) is 24.5 Å². The van der Waals surface area contributed by atoms with Gasteiger partial charge in [-0.3, -0.25) is 9.78 Å². The van der Waals surface area contributed by atoms with Crippen molar-refractivity contribution in [3.05, 3.63) is 52.8 Å². The molecule has 7 heteroatoms. The number of rotatable bonds is 3. The van der Waals surface area contributed by atoms with Crippen LogP contribution < -0.4 is 0 Å². The molecule has 0 radical (unpaired) electrons. The zero-order valence-electron chi connectivity index (χ0n) is 11.5. The Labute approximate surface area is 130 Å². The molecule has 110 valence electrons. The maximum atomic E-state index is 12.4. The summed E-state index contributed by atoms with van der Waals surface area (Å²) in [5.74, 6) is 1.00. The Bertz CT molecular complexity index is 785. The molecule has 6 nitrogen and oxygen atoms in total. The normalized spacial score (nSPS) is 17.3. The first-order valence-electron chi connectivity index (χ1n) is 6.91. The van der Waals surface area contributed by atoms with Crippen LogP contribution in [0.2, 0.25) is 0 Å². The molecule has 3 aromatic heterocycles. The van der Waals surface area contributed by atoms with Crippen LogP contribution in [0.3, 0.4) is 0 Å². The molecule has 1 atom stereocenters. The van der Waals surface area contributed by atoms with Crippen molar-refractivity contribution in [1.29, 1.82) is 0 Å². The van der Waals surface area contributed by atoms with E-state index < -0.39 is 0 Å². The Balaban J connectivity index is 1.56. The second-order valence-electron chi connectivity index (χ2n) is 4.98. The highest BCUT2D eigenvalue weighted by Gasteiger charge is 2.38. The minimum atomic E-state index is -0.132. The quantitative estimate of drug-likeness (QED) is 0.743. The molecule has 1 saturated heterocycles. The Morgan fingerprint density at radius 3 is 3.00 bits per heavy atom. The van der Waals surface area contributed by atoms with Crippen LogP contribution in [0, 0.1) is 0 Å². The van der Waals surface area contributed by atoms with Crippen molar-refractivity contribution < 1.29 is 9.32 Å². The standard InChI is InChI=1S/C15H12N4O2S/c20-15(12-4-2-8-22-12)19-7-5-11(19)14-17-13(18-21-14)10-3-1-6-16-9-10/h1-4,6,8-9,11H,5,7H2. The topological polar surface area (TPSA) is 72.1 Å². The highest BCUT2D eigenvalue weighted by molar-refractivity contribution is 7.12. The molecule has 3 aromatic rings. The number of thiophene rings is 1. The summed E-state index contributed by atoms with van der Waals surface area (Å²) in [6, 6.07) is 7.27. The third-order valence-corrected chi connectivity index (χ3v) is 4.52. The lowest BCUT2D eigenvalue weighted by Crippen LogP contribution is -2.45. The summed E-state index contributed by atoms with van der Waals surface area (Å²) in [7, 11) is 0. The second-order valence-corrected chi connectivity index (χ2v) is 5.93. The molecule has 4 rings (SSSR count). The van der Waals surface area contributed by atoms with Crippen LogP contribution in [0.25, 0.3) is 11.4 Å². The van der Waals surface area contributed by atoms with Gasteiger partial charge in [-0.1, -0.05) is 11.2 Å². The third kappa shape index (κ3) is 2.19. The first-order chi connectivity index (χ1) is 10.8. The summed E-state index contributed by atoms with van der Waals surface area (Å²) in [6.07, 6.45) is 4.22. The molecule has 0 aromatic carbocycles. The molecule has 4 heterocycles. The Hall–Kier alpha value is -2.54. The van der Waals surface area contributed by atoms with Crippen LogP contribution in [0.15, 0.2) is 46.6 Å². The molecule has 1 fully saturated rings. The van der Waals surface area contributed by atoms with E-state index in [-0.39, 0.29) is 11.9 Å². The van der Waals surface area contributed by atoms with E-state index in [0.29, 0.717) is 18.3 Å². The molecule has 1 amide bonds. The summed E-state index contributed by atoms with van der Waals surface area (Å²) in [6.45, 7) is 0.714. The number of aromatic nitrogens is 3. The number of amides is 1. The van der Waals surface area contributed by atoms with Gasteiger partial charge in [0.25, 0.3) is 5.91 Å². The summed E-state index contributed by atoms with van der Waals surface area (Å²) >= 11 is 1.44. The zero-order valence-corrected chi connectivity index (χ0v) is 12.4. The van der Waals surface area contributed by atoms with Crippen molar-refractivity contribution in [2.75, 3.05) is 6.54 Å². The molecule has 1 aliphatic rings. The van der Waals surface area contributed by atoms with Crippen LogP contribution in [-0.4, -0.2) is 32.5 Å². The molecular weight excluding hydrogens is 300 g/mol. The predicted molar refractivity (Wildman–Crippen MR) is 80.2 cm³/mol. The number of nitrogens with zero attached hydrogens (tertiary/aromatic N) is 4. The maximum Gasteiger partial charge on any atom is 0.264 e. The molecule has 0 saturated carbocycles. The van der Waals surface area contributed by atoms with E-state index in [4.69, 9.17) is 4.52 Å². The van der Waals surface area contributed by atoms with Crippen molar-refractivity contribution in [1.82, 2.24) is 20.0 Å². The highest BCUT2D eigenvalue weighted by Crippen LogP contribution is 2.34. The van der Waals surface area contributed by atoms with Gasteiger partial charge in [-0.15, -0.1) is 11.3 Å². The van der Waals surface area contributed by atoms with E-state index in [1.54, 1.807) is 17.3 Å². The van der Waals surface area contributed by atoms with Gasteiger partial charge < -0.3 is 9.42 Å². The zero-order chi connectivity index (χ0) is 14.9. The monoisotopic (exact) mass is 312 g/mol. The molecule has 0 aliphatic carbocycles. The molecule has 22 heavy (non-hydrogen) atoms. The van der Waals surface area contributed by atoms with Gasteiger partial charge in [-0.25, -0.2) is 0 Å². The fraction of sp³-hybridized carbons (Fsp3) is 0.200. The molecule has 0 N–H and O–H groups in total. The largest absolute Gasteiger partial charge is 0.337 e. The lowest BCUT2D eigenvalue weighted by Gasteiger charge is -2.38. The highest BCUT2D eigenvalue weighted by atomic mass is 32.1. The Kier molecular flexibility index (Phi) is 3.19. The molecule has 1 unspecified atom stereocenters. The van der Waals surface area contributed by atoms with Gasteiger partial charge >= 0.3 is 0 Å². The number of carbonyl (C=O) groups is 1. The summed E-state index contributed by atoms with van der Waals surface area (Å²) < 4.78 is 5.34. The lowest BCUT2D eigenvalue weighted by molar-refractivity contribution is 0.0384. The van der Waals surface area contributed by atoms with E-state index in [1.807, 2.05) is 29.6 Å². The van der Waals surface area contributed by atoms with Gasteiger partial charge in [-0.05, 0) is 30.0 Å². The Morgan fingerprint density at radius 1 is 1.36 bits per heavy atom. The summed E-state index contributed by atoms with van der Waals surface area (Å²) in [4.78, 5) is 23.3. The number of likely N-dealkylation sites (tertiary alicyclic amines) is 1. The van der Waals surface area contributed by atoms with E-state index in [2.05, 4.69) is 15.1 Å². The summed E-state index contributed by atoms with van der Waals surface area (Å²) in [5.41, 5.74) is 0.799. The Morgan fingerprint density at radius 2 is 2.32 bits per heavy atom. The van der Waals surface area contributed by atoms with Crippen molar-refractivity contribution in [3.8, 4) is 11.4 Å². The minimum Gasteiger partial charge on any atom is -0.337 e. The molecule has 0 spiro atoms. The SMILES string of the molecule is O=C(c1cccs1)N1CCC1c1nc(-c2cccnc2)no1. The van der Waals surface area contributed by atoms with Gasteiger partial charge in [0.2, 0.25) is 11.7 Å². The van der Waals surface area contributed by atoms with Crippen LogP contribution >= 0.6 is 11.3 Å². The second kappa shape index (κ2) is 5.34. The van der Waals surface area contributed by atoms with Crippen LogP contribution in [0.1, 0.15) is 28.0 Å². The first kappa shape index (κ1) is 13.1. The van der Waals surface area contributed by atoms with Crippen molar-refractivity contribution >= 4 is 17.2 Å². The average molecular weight is 312 g/mol. The number of hydrogen-bond acceptors (Lipinski definition) is 6. The van der Waals surface area contributed by atoms with Crippen molar-refractivity contribution in [2.24, 2.45) is 0 Å². The van der Waals surface area contributed by atoms with Gasteiger partial charge in [0.05, 0.1) is 4.88 Å². The van der Waals surface area contributed by atoms with E-state index in [0.717, 1.165) is 16.9 Å². The van der Waals surface area contributed by atoms with Crippen molar-refractivity contribution in [3.63, 3.8) is 0 Å². The fourth-order valence-corrected chi connectivity index (χ4v) is 3.09. The molecule has 1 aliphatic heterocycles. The van der Waals surface area contributed by atoms with Gasteiger partial charge in [-0.2, -0.15) is 4.98 Å². The van der Waals surface area contributed by atoms with Gasteiger partial charge in [0.15, 0.2) is 0 Å². The molecule has 0 bridgehead atoms. The minimum absolute atomic E-state index is 0.0207. The number of pyridine rings is 1. The third-order valence-electron chi connectivity index (χ3n) is 3.66. The first-order valence-corrected chi connectivity index (χ1v) is 7.79. The smallest absolute Gasteiger partial charge is 0.264 e. The summed E-state index contributed by atoms with van der Waals surface area (Å²) in [5, 5.41) is 5.88. The lowest BCUT2D eigenvalue weighted by atomic mass is 10.0. The van der Waals surface area contributed by atoms with E-state index in [1.165, 1.54) is 11.3 Å². The maximum absolute atomic E-state index is 12.4. The van der Waals surface area contributed by atoms with Crippen LogP contribution in [0.5, 0.6) is 0 Å². The van der Waals surface area contributed by atoms with Crippen LogP contribution in [-0.2, 0) is 0 Å². The van der Waals surface area contributed by atoms with Crippen LogP contribution in [0.4, 0.5) is 0 Å². The van der Waals surface area contributed by atoms with E-state index >= 15 is 0 Å². The number of carbonyl (C=O) groups excluding carboxylic acids is 1. The average Bonchev–Trinajstić information content (AvgIpc) is 3.19. The van der Waals surface area contributed by atoms with E-state index in [9.17, 15) is 4.79 Å². The van der Waals surface area contributed by atoms with Crippen molar-refractivity contribution in [2.45, 2.75) is 12.5 Å².